The first-order valence-electron chi connectivity index (χ1n) is 12.6. The molecule has 11 heteroatoms. The lowest BCUT2D eigenvalue weighted by molar-refractivity contribution is -0.123. The summed E-state index contributed by atoms with van der Waals surface area (Å²) < 4.78 is 15.0. The van der Waals surface area contributed by atoms with E-state index in [2.05, 4.69) is 46.7 Å². The third-order valence-electron chi connectivity index (χ3n) is 7.41. The molecule has 4 N–H and O–H groups in total. The maximum absolute atomic E-state index is 15.0. The highest BCUT2D eigenvalue weighted by Gasteiger charge is 2.65. The first kappa shape index (κ1) is 29.3. The first-order valence-corrected chi connectivity index (χ1v) is 13.3. The maximum atomic E-state index is 15.0. The molecule has 39 heavy (non-hydrogen) atoms. The van der Waals surface area contributed by atoms with Crippen LogP contribution >= 0.6 is 35.6 Å². The number of anilines is 1. The van der Waals surface area contributed by atoms with Gasteiger partial charge in [-0.05, 0) is 47.2 Å². The van der Waals surface area contributed by atoms with Gasteiger partial charge in [0, 0.05) is 48.0 Å². The van der Waals surface area contributed by atoms with Gasteiger partial charge in [-0.2, -0.15) is 0 Å². The molecule has 0 bridgehead atoms. The SMILES string of the molecule is CC(C)(C)C[C@H]1N[C@@H](C(=O)NCCc2ncc[nH]2)[C@H](c2cccc(Cl)c2)[C@@]12C(=O)Nc1cc(Cl)c(F)cc12.Cl. The Morgan fingerprint density at radius 2 is 1.97 bits per heavy atom. The molecule has 0 saturated carbocycles. The molecule has 4 atom stereocenters. The second-order valence-corrected chi connectivity index (χ2v) is 12.0. The monoisotopic (exact) mass is 593 g/mol. The van der Waals surface area contributed by atoms with E-state index in [4.69, 9.17) is 23.2 Å². The number of imidazole rings is 1. The minimum absolute atomic E-state index is 0. The normalized spacial score (nSPS) is 23.8. The predicted molar refractivity (Wildman–Crippen MR) is 153 cm³/mol. The summed E-state index contributed by atoms with van der Waals surface area (Å²) in [4.78, 5) is 35.1. The van der Waals surface area contributed by atoms with Crippen molar-refractivity contribution in [3.8, 4) is 0 Å². The highest BCUT2D eigenvalue weighted by Crippen LogP contribution is 2.57. The molecule has 3 heterocycles. The molecule has 3 aromatic rings. The van der Waals surface area contributed by atoms with Gasteiger partial charge in [-0.3, -0.25) is 9.59 Å². The van der Waals surface area contributed by atoms with Crippen LogP contribution in [0.4, 0.5) is 10.1 Å². The fourth-order valence-corrected chi connectivity index (χ4v) is 6.35. The van der Waals surface area contributed by atoms with Crippen LogP contribution in [0, 0.1) is 11.2 Å². The molecular formula is C28H31Cl3FN5O2. The molecule has 1 fully saturated rings. The molecule has 0 aliphatic carbocycles. The Bertz CT molecular complexity index is 1380. The number of hydrogen-bond acceptors (Lipinski definition) is 4. The van der Waals surface area contributed by atoms with Gasteiger partial charge >= 0.3 is 0 Å². The highest BCUT2D eigenvalue weighted by molar-refractivity contribution is 6.31. The van der Waals surface area contributed by atoms with Crippen molar-refractivity contribution in [3.63, 3.8) is 0 Å². The van der Waals surface area contributed by atoms with Gasteiger partial charge in [-0.25, -0.2) is 9.37 Å². The van der Waals surface area contributed by atoms with Gasteiger partial charge in [-0.15, -0.1) is 12.4 Å². The van der Waals surface area contributed by atoms with Crippen molar-refractivity contribution in [2.75, 3.05) is 11.9 Å². The fraction of sp³-hybridized carbons (Fsp3) is 0.393. The van der Waals surface area contributed by atoms with Gasteiger partial charge < -0.3 is 20.9 Å². The lowest BCUT2D eigenvalue weighted by atomic mass is 9.62. The number of rotatable bonds is 6. The number of carbonyl (C=O) groups excluding carboxylic acids is 2. The van der Waals surface area contributed by atoms with E-state index in [1.807, 2.05) is 6.07 Å². The van der Waals surface area contributed by atoms with E-state index in [9.17, 15) is 14.0 Å². The quantitative estimate of drug-likeness (QED) is 0.308. The molecule has 2 aromatic carbocycles. The molecule has 0 unspecified atom stereocenters. The molecule has 5 rings (SSSR count). The summed E-state index contributed by atoms with van der Waals surface area (Å²) in [6, 6.07) is 8.69. The van der Waals surface area contributed by atoms with Crippen molar-refractivity contribution in [2.45, 2.75) is 57.0 Å². The summed E-state index contributed by atoms with van der Waals surface area (Å²) in [6.45, 7) is 6.58. The number of halogens is 4. The second kappa shape index (κ2) is 11.1. The number of benzene rings is 2. The summed E-state index contributed by atoms with van der Waals surface area (Å²) in [5, 5.41) is 9.85. The van der Waals surface area contributed by atoms with Gasteiger partial charge in [0.25, 0.3) is 0 Å². The Hall–Kier alpha value is -2.65. The van der Waals surface area contributed by atoms with Crippen molar-refractivity contribution in [3.05, 3.63) is 81.6 Å². The standard InChI is InChI=1S/C28H30Cl2FN5O2.ClH/c1-27(2,3)14-21-28(17-12-19(31)18(30)13-20(17)35-26(28)38)23(15-5-4-6-16(29)11-15)24(36-21)25(37)34-8-7-22-32-9-10-33-22;/h4-6,9-13,21,23-24,36H,7-8,14H2,1-3H3,(H,32,33)(H,34,37)(H,35,38);1H/t21-,23+,24-,28+;/m1./s1. The summed E-state index contributed by atoms with van der Waals surface area (Å²) in [7, 11) is 0. The van der Waals surface area contributed by atoms with E-state index < -0.39 is 29.2 Å². The van der Waals surface area contributed by atoms with Crippen LogP contribution in [0.15, 0.2) is 48.8 Å². The van der Waals surface area contributed by atoms with Crippen LogP contribution in [-0.2, 0) is 21.4 Å². The highest BCUT2D eigenvalue weighted by atomic mass is 35.5. The van der Waals surface area contributed by atoms with Crippen molar-refractivity contribution in [1.29, 1.82) is 0 Å². The molecule has 208 valence electrons. The molecule has 1 spiro atoms. The molecule has 2 aliphatic rings. The van der Waals surface area contributed by atoms with Gasteiger partial charge in [-0.1, -0.05) is 56.1 Å². The minimum Gasteiger partial charge on any atom is -0.354 e. The zero-order valence-corrected chi connectivity index (χ0v) is 24.1. The molecule has 1 aromatic heterocycles. The average molecular weight is 595 g/mol. The molecule has 2 amide bonds. The maximum Gasteiger partial charge on any atom is 0.237 e. The largest absolute Gasteiger partial charge is 0.354 e. The van der Waals surface area contributed by atoms with Crippen LogP contribution in [0.5, 0.6) is 0 Å². The van der Waals surface area contributed by atoms with E-state index in [1.54, 1.807) is 30.6 Å². The number of nitrogens with zero attached hydrogens (tertiary/aromatic N) is 1. The lowest BCUT2D eigenvalue weighted by Crippen LogP contribution is -2.49. The molecular weight excluding hydrogens is 564 g/mol. The number of aromatic nitrogens is 2. The molecule has 0 radical (unpaired) electrons. The number of H-pyrrole nitrogens is 1. The van der Waals surface area contributed by atoms with Crippen molar-refractivity contribution >= 4 is 53.1 Å². The Morgan fingerprint density at radius 3 is 2.64 bits per heavy atom. The summed E-state index contributed by atoms with van der Waals surface area (Å²) in [5.74, 6) is -1.08. The van der Waals surface area contributed by atoms with E-state index in [-0.39, 0.29) is 34.7 Å². The van der Waals surface area contributed by atoms with Crippen LogP contribution in [0.1, 0.15) is 50.1 Å². The van der Waals surface area contributed by atoms with E-state index in [0.717, 1.165) is 5.82 Å². The Morgan fingerprint density at radius 1 is 1.21 bits per heavy atom. The van der Waals surface area contributed by atoms with E-state index in [0.29, 0.717) is 41.2 Å². The smallest absolute Gasteiger partial charge is 0.237 e. The van der Waals surface area contributed by atoms with E-state index in [1.165, 1.54) is 12.1 Å². The average Bonchev–Trinajstić information content (AvgIpc) is 3.53. The van der Waals surface area contributed by atoms with Crippen LogP contribution in [-0.4, -0.2) is 40.4 Å². The number of aromatic amines is 1. The van der Waals surface area contributed by atoms with Gasteiger partial charge in [0.1, 0.15) is 17.1 Å². The summed E-state index contributed by atoms with van der Waals surface area (Å²) in [6.07, 6.45) is 4.47. The molecule has 7 nitrogen and oxygen atoms in total. The summed E-state index contributed by atoms with van der Waals surface area (Å²) >= 11 is 12.5. The summed E-state index contributed by atoms with van der Waals surface area (Å²) in [5.41, 5.74) is 0.171. The van der Waals surface area contributed by atoms with Crippen molar-refractivity contribution in [2.24, 2.45) is 5.41 Å². The number of fused-ring (bicyclic) bond motifs is 2. The van der Waals surface area contributed by atoms with Crippen molar-refractivity contribution < 1.29 is 14.0 Å². The van der Waals surface area contributed by atoms with Crippen LogP contribution in [0.2, 0.25) is 10.0 Å². The molecule has 1 saturated heterocycles. The zero-order valence-electron chi connectivity index (χ0n) is 21.8. The fourth-order valence-electron chi connectivity index (χ4n) is 5.98. The van der Waals surface area contributed by atoms with Crippen molar-refractivity contribution in [1.82, 2.24) is 20.6 Å². The number of amides is 2. The number of nitrogens with one attached hydrogen (secondary N) is 4. The molecule has 2 aliphatic heterocycles. The Labute approximate surface area is 243 Å². The van der Waals surface area contributed by atoms with E-state index >= 15 is 0 Å². The number of carbonyl (C=O) groups is 2. The Kier molecular flexibility index (Phi) is 8.34. The topological polar surface area (TPSA) is 98.9 Å². The van der Waals surface area contributed by atoms with Gasteiger partial charge in [0.15, 0.2) is 0 Å². The van der Waals surface area contributed by atoms with Gasteiger partial charge in [0.2, 0.25) is 11.8 Å². The third-order valence-corrected chi connectivity index (χ3v) is 7.93. The van der Waals surface area contributed by atoms with Crippen LogP contribution in [0.3, 0.4) is 0 Å². The Balaban J connectivity index is 0.00000353. The second-order valence-electron chi connectivity index (χ2n) is 11.2. The number of hydrogen-bond donors (Lipinski definition) is 4. The van der Waals surface area contributed by atoms with Crippen LogP contribution < -0.4 is 16.0 Å². The first-order chi connectivity index (χ1) is 18.0. The third kappa shape index (κ3) is 5.40. The van der Waals surface area contributed by atoms with Gasteiger partial charge in [0.05, 0.1) is 11.1 Å². The minimum atomic E-state index is -1.28. The lowest BCUT2D eigenvalue weighted by Gasteiger charge is -2.37. The predicted octanol–water partition coefficient (Wildman–Crippen LogP) is 5.39. The zero-order chi connectivity index (χ0) is 27.2. The van der Waals surface area contributed by atoms with Crippen LogP contribution in [0.25, 0.3) is 0 Å².